The smallest absolute Gasteiger partial charge is 0.382 e. The molecule has 0 bridgehead atoms. The van der Waals surface area contributed by atoms with Gasteiger partial charge in [0.15, 0.2) is 0 Å². The van der Waals surface area contributed by atoms with Crippen molar-refractivity contribution in [3.63, 3.8) is 0 Å². The molecule has 0 unspecified atom stereocenters. The third-order valence-corrected chi connectivity index (χ3v) is 6.54. The summed E-state index contributed by atoms with van der Waals surface area (Å²) < 4.78 is 78.3. The Morgan fingerprint density at radius 2 is 1.57 bits per heavy atom. The van der Waals surface area contributed by atoms with Crippen molar-refractivity contribution in [1.82, 2.24) is 15.2 Å². The van der Waals surface area contributed by atoms with E-state index in [0.717, 1.165) is 30.6 Å². The second kappa shape index (κ2) is 9.67. The molecule has 2 heterocycles. The van der Waals surface area contributed by atoms with Crippen LogP contribution in [0, 0.1) is 0 Å². The zero-order chi connectivity index (χ0) is 25.4. The predicted octanol–water partition coefficient (Wildman–Crippen LogP) is 5.26. The lowest BCUT2D eigenvalue weighted by atomic mass is 9.90. The zero-order valence-electron chi connectivity index (χ0n) is 19.1. The Balaban J connectivity index is 1.38. The lowest BCUT2D eigenvalue weighted by molar-refractivity contribution is -0.150. The van der Waals surface area contributed by atoms with Gasteiger partial charge in [-0.25, -0.2) is 4.98 Å². The number of carbonyl (C=O) groups excluding carboxylic acids is 1. The van der Waals surface area contributed by atoms with E-state index in [2.05, 4.69) is 20.5 Å². The molecule has 1 amide bonds. The van der Waals surface area contributed by atoms with Gasteiger partial charge in [-0.15, -0.1) is 0 Å². The third kappa shape index (κ3) is 6.06. The van der Waals surface area contributed by atoms with Gasteiger partial charge in [0.1, 0.15) is 11.4 Å². The van der Waals surface area contributed by atoms with Gasteiger partial charge in [-0.2, -0.15) is 26.3 Å². The summed E-state index contributed by atoms with van der Waals surface area (Å²) in [6, 6.07) is 6.47. The number of carbonyl (C=O) groups is 1. The number of benzene rings is 1. The molecule has 1 aliphatic heterocycles. The number of anilines is 1. The molecule has 2 N–H and O–H groups in total. The van der Waals surface area contributed by atoms with E-state index in [-0.39, 0.29) is 23.7 Å². The third-order valence-electron chi connectivity index (χ3n) is 6.54. The van der Waals surface area contributed by atoms with E-state index in [9.17, 15) is 31.1 Å². The fraction of sp³-hybridized carbons (Fsp3) is 0.500. The number of rotatable bonds is 4. The summed E-state index contributed by atoms with van der Waals surface area (Å²) in [5.41, 5.74) is -0.605. The average molecular weight is 500 g/mol. The maximum absolute atomic E-state index is 13.1. The van der Waals surface area contributed by atoms with Crippen molar-refractivity contribution in [2.45, 2.75) is 63.1 Å². The van der Waals surface area contributed by atoms with Gasteiger partial charge in [0.25, 0.3) is 5.91 Å². The first-order valence-electron chi connectivity index (χ1n) is 11.4. The van der Waals surface area contributed by atoms with Crippen LogP contribution < -0.4 is 10.6 Å². The van der Waals surface area contributed by atoms with Crippen molar-refractivity contribution in [3.8, 4) is 0 Å². The molecule has 1 aliphatic carbocycles. The van der Waals surface area contributed by atoms with Crippen LogP contribution in [-0.4, -0.2) is 41.5 Å². The van der Waals surface area contributed by atoms with Crippen LogP contribution in [0.25, 0.3) is 0 Å². The number of alkyl halides is 6. The van der Waals surface area contributed by atoms with E-state index in [4.69, 9.17) is 0 Å². The highest BCUT2D eigenvalue weighted by Gasteiger charge is 2.39. The number of nitrogens with zero attached hydrogens (tertiary/aromatic N) is 2. The number of amides is 1. The first-order valence-corrected chi connectivity index (χ1v) is 11.4. The number of halogens is 6. The Morgan fingerprint density at radius 1 is 0.971 bits per heavy atom. The summed E-state index contributed by atoms with van der Waals surface area (Å²) in [5, 5.41) is 5.85. The number of aromatic nitrogens is 1. The average Bonchev–Trinajstić information content (AvgIpc) is 2.78. The number of pyridine rings is 1. The molecule has 1 aromatic heterocycles. The summed E-state index contributed by atoms with van der Waals surface area (Å²) >= 11 is 0. The lowest BCUT2D eigenvalue weighted by Gasteiger charge is -2.31. The van der Waals surface area contributed by atoms with Crippen molar-refractivity contribution < 1.29 is 31.1 Å². The molecule has 1 saturated carbocycles. The van der Waals surface area contributed by atoms with Crippen molar-refractivity contribution in [2.24, 2.45) is 0 Å². The molecular formula is C24H26F6N4O. The van der Waals surface area contributed by atoms with Crippen LogP contribution >= 0.6 is 0 Å². The first kappa shape index (κ1) is 25.3. The molecule has 2 aromatic rings. The number of likely N-dealkylation sites (N-methyl/N-ethyl adjacent to an activating group) is 1. The standard InChI is InChI=1S/C24H26F6N4O/c1-34-10-9-18-14(13-34)3-2-4-19(18)22(35)32-16-7-5-15(6-8-16)31-17-11-20(23(25,26)27)33-21(12-17)24(28,29)30/h2-4,11-12,15-16H,5-10,13H2,1H3,(H,31,33)(H,32,35)/t15-,16+. The van der Waals surface area contributed by atoms with Crippen molar-refractivity contribution >= 4 is 11.6 Å². The second-order valence-corrected chi connectivity index (χ2v) is 9.22. The molecule has 5 nitrogen and oxygen atoms in total. The molecule has 1 fully saturated rings. The van der Waals surface area contributed by atoms with Gasteiger partial charge >= 0.3 is 12.4 Å². The van der Waals surface area contributed by atoms with Crippen LogP contribution in [0.3, 0.4) is 0 Å². The highest BCUT2D eigenvalue weighted by Crippen LogP contribution is 2.36. The van der Waals surface area contributed by atoms with E-state index in [1.807, 2.05) is 25.2 Å². The van der Waals surface area contributed by atoms with Crippen molar-refractivity contribution in [2.75, 3.05) is 18.9 Å². The zero-order valence-corrected chi connectivity index (χ0v) is 19.1. The minimum atomic E-state index is -4.99. The molecule has 0 atom stereocenters. The number of hydrogen-bond donors (Lipinski definition) is 2. The molecule has 11 heteroatoms. The van der Waals surface area contributed by atoms with E-state index >= 15 is 0 Å². The highest BCUT2D eigenvalue weighted by molar-refractivity contribution is 5.96. The molecule has 0 spiro atoms. The van der Waals surface area contributed by atoms with Crippen LogP contribution in [0.5, 0.6) is 0 Å². The van der Waals surface area contributed by atoms with Gasteiger partial charge in [-0.05, 0) is 68.5 Å². The maximum atomic E-state index is 13.1. The van der Waals surface area contributed by atoms with Gasteiger partial charge in [-0.3, -0.25) is 4.79 Å². The van der Waals surface area contributed by atoms with Gasteiger partial charge in [-0.1, -0.05) is 12.1 Å². The Morgan fingerprint density at radius 3 is 2.17 bits per heavy atom. The lowest BCUT2D eigenvalue weighted by Crippen LogP contribution is -2.41. The molecule has 4 rings (SSSR count). The highest BCUT2D eigenvalue weighted by atomic mass is 19.4. The van der Waals surface area contributed by atoms with Crippen molar-refractivity contribution in [1.29, 1.82) is 0 Å². The number of nitrogens with one attached hydrogen (secondary N) is 2. The van der Waals surface area contributed by atoms with Crippen LogP contribution in [0.1, 0.15) is 58.6 Å². The normalized spacial score (nSPS) is 21.3. The molecule has 1 aromatic carbocycles. The quantitative estimate of drug-likeness (QED) is 0.563. The first-order chi connectivity index (χ1) is 16.4. The second-order valence-electron chi connectivity index (χ2n) is 9.22. The largest absolute Gasteiger partial charge is 0.433 e. The summed E-state index contributed by atoms with van der Waals surface area (Å²) in [5.74, 6) is -0.151. The van der Waals surface area contributed by atoms with E-state index in [1.54, 1.807) is 0 Å². The fourth-order valence-electron chi connectivity index (χ4n) is 4.75. The summed E-state index contributed by atoms with van der Waals surface area (Å²) in [6.07, 6.45) is -7.09. The van der Waals surface area contributed by atoms with Crippen LogP contribution in [0.15, 0.2) is 30.3 Å². The molecular weight excluding hydrogens is 474 g/mol. The Bertz CT molecular complexity index is 1040. The van der Waals surface area contributed by atoms with E-state index in [0.29, 0.717) is 43.4 Å². The summed E-state index contributed by atoms with van der Waals surface area (Å²) in [6.45, 7) is 1.66. The predicted molar refractivity (Wildman–Crippen MR) is 118 cm³/mol. The van der Waals surface area contributed by atoms with E-state index < -0.39 is 23.7 Å². The van der Waals surface area contributed by atoms with Gasteiger partial charge in [0, 0.05) is 36.4 Å². The van der Waals surface area contributed by atoms with Gasteiger partial charge < -0.3 is 15.5 Å². The van der Waals surface area contributed by atoms with Crippen LogP contribution in [0.4, 0.5) is 32.0 Å². The maximum Gasteiger partial charge on any atom is 0.433 e. The Kier molecular flexibility index (Phi) is 6.99. The van der Waals surface area contributed by atoms with Crippen LogP contribution in [0.2, 0.25) is 0 Å². The molecule has 35 heavy (non-hydrogen) atoms. The summed E-state index contributed by atoms with van der Waals surface area (Å²) in [7, 11) is 2.03. The van der Waals surface area contributed by atoms with Crippen LogP contribution in [-0.2, 0) is 25.3 Å². The fourth-order valence-corrected chi connectivity index (χ4v) is 4.75. The molecule has 0 saturated heterocycles. The van der Waals surface area contributed by atoms with Gasteiger partial charge in [0.2, 0.25) is 0 Å². The summed E-state index contributed by atoms with van der Waals surface area (Å²) in [4.78, 5) is 17.9. The molecule has 0 radical (unpaired) electrons. The molecule has 190 valence electrons. The SMILES string of the molecule is CN1CCc2c(cccc2C(=O)N[C@H]2CC[C@@H](Nc3cc(C(F)(F)F)nc(C(F)(F)F)c3)CC2)C1. The Labute approximate surface area is 198 Å². The van der Waals surface area contributed by atoms with Crippen molar-refractivity contribution in [3.05, 3.63) is 58.4 Å². The topological polar surface area (TPSA) is 57.3 Å². The molecule has 2 aliphatic rings. The number of hydrogen-bond acceptors (Lipinski definition) is 4. The minimum absolute atomic E-state index is 0.114. The number of fused-ring (bicyclic) bond motifs is 1. The van der Waals surface area contributed by atoms with E-state index in [1.165, 1.54) is 0 Å². The monoisotopic (exact) mass is 500 g/mol. The minimum Gasteiger partial charge on any atom is -0.382 e. The Hall–Kier alpha value is -2.82. The van der Waals surface area contributed by atoms with Gasteiger partial charge in [0.05, 0.1) is 0 Å².